The molecular formula is C20H9ClF4N6O2. The van der Waals surface area contributed by atoms with Gasteiger partial charge in [-0.15, -0.1) is 0 Å². The molecule has 0 amide bonds. The summed E-state index contributed by atoms with van der Waals surface area (Å²) in [5, 5.41) is 16.1. The van der Waals surface area contributed by atoms with Gasteiger partial charge in [-0.3, -0.25) is 4.98 Å². The molecule has 0 aliphatic carbocycles. The molecule has 166 valence electrons. The fourth-order valence-corrected chi connectivity index (χ4v) is 3.51. The summed E-state index contributed by atoms with van der Waals surface area (Å²) < 4.78 is 54.5. The molecule has 33 heavy (non-hydrogen) atoms. The third kappa shape index (κ3) is 3.53. The Labute approximate surface area is 185 Å². The summed E-state index contributed by atoms with van der Waals surface area (Å²) in [5.41, 5.74) is -0.931. The second-order valence-electron chi connectivity index (χ2n) is 6.93. The van der Waals surface area contributed by atoms with Crippen molar-refractivity contribution in [1.29, 1.82) is 0 Å². The van der Waals surface area contributed by atoms with Crippen molar-refractivity contribution in [2.75, 3.05) is 5.32 Å². The molecule has 0 spiro atoms. The largest absolute Gasteiger partial charge is 0.478 e. The van der Waals surface area contributed by atoms with E-state index < -0.39 is 23.7 Å². The Morgan fingerprint density at radius 1 is 1.09 bits per heavy atom. The molecule has 8 nitrogen and oxygen atoms in total. The highest BCUT2D eigenvalue weighted by molar-refractivity contribution is 6.31. The highest BCUT2D eigenvalue weighted by atomic mass is 35.5. The predicted molar refractivity (Wildman–Crippen MR) is 110 cm³/mol. The van der Waals surface area contributed by atoms with Gasteiger partial charge in [0.25, 0.3) is 0 Å². The molecular weight excluding hydrogens is 468 g/mol. The Kier molecular flexibility index (Phi) is 4.57. The number of nitrogens with one attached hydrogen (secondary N) is 1. The van der Waals surface area contributed by atoms with Crippen molar-refractivity contribution in [3.05, 3.63) is 64.8 Å². The molecule has 0 bridgehead atoms. The van der Waals surface area contributed by atoms with Gasteiger partial charge >= 0.3 is 12.1 Å². The van der Waals surface area contributed by atoms with Gasteiger partial charge < -0.3 is 10.4 Å². The highest BCUT2D eigenvalue weighted by Crippen LogP contribution is 2.34. The maximum atomic E-state index is 13.4. The number of alkyl halides is 3. The number of rotatable bonds is 3. The number of hydrogen-bond acceptors (Lipinski definition) is 6. The van der Waals surface area contributed by atoms with Crippen LogP contribution in [-0.2, 0) is 6.18 Å². The van der Waals surface area contributed by atoms with Crippen LogP contribution in [0, 0.1) is 5.82 Å². The lowest BCUT2D eigenvalue weighted by atomic mass is 10.1. The zero-order valence-corrected chi connectivity index (χ0v) is 16.8. The van der Waals surface area contributed by atoms with Crippen LogP contribution in [0.3, 0.4) is 0 Å². The topological polar surface area (TPSA) is 105 Å². The number of carbonyl (C=O) groups is 1. The standard InChI is InChI=1S/C20H9ClF4N6O2/c21-12-4-9(1-2-13(12)22)28-19-27-7-11-10-3-8(18(32)33)6-26-16(10)14-5-15(20(23,24)25)30-31(14)17(11)29-19/h1-7H,(H,32,33)(H,27,28,29). The summed E-state index contributed by atoms with van der Waals surface area (Å²) in [6.45, 7) is 0. The fraction of sp³-hybridized carbons (Fsp3) is 0.0500. The number of carboxylic acids is 1. The van der Waals surface area contributed by atoms with Crippen LogP contribution in [0.5, 0.6) is 0 Å². The summed E-state index contributed by atoms with van der Waals surface area (Å²) in [4.78, 5) is 23.9. The van der Waals surface area contributed by atoms with Gasteiger partial charge in [-0.05, 0) is 30.3 Å². The number of pyridine rings is 2. The average Bonchev–Trinajstić information content (AvgIpc) is 3.22. The summed E-state index contributed by atoms with van der Waals surface area (Å²) in [7, 11) is 0. The van der Waals surface area contributed by atoms with Crippen LogP contribution in [-0.4, -0.2) is 35.6 Å². The number of anilines is 2. The first kappa shape index (κ1) is 20.8. The Morgan fingerprint density at radius 2 is 1.88 bits per heavy atom. The van der Waals surface area contributed by atoms with Gasteiger partial charge in [0.05, 0.1) is 21.6 Å². The smallest absolute Gasteiger partial charge is 0.435 e. The van der Waals surface area contributed by atoms with E-state index in [0.717, 1.165) is 22.8 Å². The minimum Gasteiger partial charge on any atom is -0.478 e. The van der Waals surface area contributed by atoms with E-state index in [4.69, 9.17) is 11.6 Å². The lowest BCUT2D eigenvalue weighted by Gasteiger charge is -2.10. The molecule has 0 radical (unpaired) electrons. The van der Waals surface area contributed by atoms with Crippen LogP contribution in [0.1, 0.15) is 16.1 Å². The molecule has 0 atom stereocenters. The molecule has 5 aromatic rings. The summed E-state index contributed by atoms with van der Waals surface area (Å²) in [5.74, 6) is -1.92. The van der Waals surface area contributed by atoms with Crippen LogP contribution in [0.4, 0.5) is 29.2 Å². The monoisotopic (exact) mass is 476 g/mol. The van der Waals surface area contributed by atoms with Gasteiger partial charge in [0.1, 0.15) is 5.82 Å². The molecule has 1 aromatic carbocycles. The number of aromatic nitrogens is 5. The molecule has 13 heteroatoms. The maximum Gasteiger partial charge on any atom is 0.435 e. The Morgan fingerprint density at radius 3 is 2.58 bits per heavy atom. The molecule has 0 unspecified atom stereocenters. The molecule has 0 saturated heterocycles. The normalized spacial score (nSPS) is 12.0. The minimum atomic E-state index is -4.73. The van der Waals surface area contributed by atoms with Crippen LogP contribution in [0.25, 0.3) is 27.5 Å². The van der Waals surface area contributed by atoms with Crippen molar-refractivity contribution >= 4 is 56.7 Å². The third-order valence-electron chi connectivity index (χ3n) is 4.81. The second-order valence-corrected chi connectivity index (χ2v) is 7.34. The van der Waals surface area contributed by atoms with Gasteiger partial charge in [0.15, 0.2) is 11.3 Å². The van der Waals surface area contributed by atoms with E-state index in [1.165, 1.54) is 24.4 Å². The lowest BCUT2D eigenvalue weighted by molar-refractivity contribution is -0.141. The van der Waals surface area contributed by atoms with E-state index >= 15 is 0 Å². The number of benzene rings is 1. The average molecular weight is 477 g/mol. The van der Waals surface area contributed by atoms with Crippen molar-refractivity contribution in [1.82, 2.24) is 24.6 Å². The third-order valence-corrected chi connectivity index (χ3v) is 5.10. The number of halogens is 5. The number of fused-ring (bicyclic) bond motifs is 6. The molecule has 4 heterocycles. The van der Waals surface area contributed by atoms with Gasteiger partial charge in [-0.2, -0.15) is 23.3 Å². The van der Waals surface area contributed by atoms with Crippen molar-refractivity contribution in [2.24, 2.45) is 0 Å². The summed E-state index contributed by atoms with van der Waals surface area (Å²) >= 11 is 5.77. The summed E-state index contributed by atoms with van der Waals surface area (Å²) in [6, 6.07) is 5.88. The molecule has 5 rings (SSSR count). The molecule has 0 saturated carbocycles. The van der Waals surface area contributed by atoms with E-state index in [0.29, 0.717) is 5.69 Å². The maximum absolute atomic E-state index is 13.4. The second kappa shape index (κ2) is 7.24. The van der Waals surface area contributed by atoms with E-state index in [9.17, 15) is 27.5 Å². The number of aromatic carboxylic acids is 1. The fourth-order valence-electron chi connectivity index (χ4n) is 3.33. The van der Waals surface area contributed by atoms with Crippen molar-refractivity contribution in [3.8, 4) is 0 Å². The van der Waals surface area contributed by atoms with Gasteiger partial charge in [-0.1, -0.05) is 11.6 Å². The molecule has 0 fully saturated rings. The summed E-state index contributed by atoms with van der Waals surface area (Å²) in [6.07, 6.45) is -2.38. The lowest BCUT2D eigenvalue weighted by Crippen LogP contribution is -2.07. The van der Waals surface area contributed by atoms with E-state index in [1.54, 1.807) is 0 Å². The number of nitrogens with zero attached hydrogens (tertiary/aromatic N) is 5. The van der Waals surface area contributed by atoms with Crippen molar-refractivity contribution in [3.63, 3.8) is 0 Å². The first-order valence-electron chi connectivity index (χ1n) is 9.12. The van der Waals surface area contributed by atoms with Gasteiger partial charge in [0.2, 0.25) is 5.95 Å². The quantitative estimate of drug-likeness (QED) is 0.276. The molecule has 2 N–H and O–H groups in total. The van der Waals surface area contributed by atoms with Gasteiger partial charge in [0, 0.05) is 28.9 Å². The van der Waals surface area contributed by atoms with E-state index in [1.807, 2.05) is 0 Å². The van der Waals surface area contributed by atoms with Crippen LogP contribution in [0.15, 0.2) is 42.7 Å². The van der Waals surface area contributed by atoms with E-state index in [-0.39, 0.29) is 44.0 Å². The number of carboxylic acid groups (broad SMARTS) is 1. The Bertz CT molecular complexity index is 1600. The van der Waals surface area contributed by atoms with Crippen LogP contribution in [0.2, 0.25) is 5.02 Å². The first-order valence-corrected chi connectivity index (χ1v) is 9.50. The van der Waals surface area contributed by atoms with Crippen LogP contribution < -0.4 is 5.32 Å². The van der Waals surface area contributed by atoms with Crippen molar-refractivity contribution < 1.29 is 27.5 Å². The van der Waals surface area contributed by atoms with Crippen LogP contribution >= 0.6 is 11.6 Å². The molecule has 0 aliphatic heterocycles. The highest BCUT2D eigenvalue weighted by Gasteiger charge is 2.35. The zero-order valence-electron chi connectivity index (χ0n) is 16.0. The predicted octanol–water partition coefficient (Wildman–Crippen LogP) is 5.08. The Hall–Kier alpha value is -4.06. The molecule has 4 aromatic heterocycles. The Balaban J connectivity index is 1.79. The van der Waals surface area contributed by atoms with E-state index in [2.05, 4.69) is 25.4 Å². The minimum absolute atomic E-state index is 0.0174. The first-order chi connectivity index (χ1) is 15.6. The molecule has 0 aliphatic rings. The SMILES string of the molecule is O=C(O)c1cnc2c(c1)c1cnc(Nc3ccc(F)c(Cl)c3)nc1n1nc(C(F)(F)F)cc21. The van der Waals surface area contributed by atoms with Crippen molar-refractivity contribution in [2.45, 2.75) is 6.18 Å². The number of hydrogen-bond donors (Lipinski definition) is 2. The van der Waals surface area contributed by atoms with Gasteiger partial charge in [-0.25, -0.2) is 18.7 Å². The zero-order chi connectivity index (χ0) is 23.5.